The summed E-state index contributed by atoms with van der Waals surface area (Å²) in [7, 11) is 0. The SMILES string of the molecule is Cc1ccc(C(=O)/C=C/c2cccc3cnccc23)s1.Cl. The van der Waals surface area contributed by atoms with E-state index in [1.807, 2.05) is 55.6 Å². The summed E-state index contributed by atoms with van der Waals surface area (Å²) < 4.78 is 0. The first kappa shape index (κ1) is 15.4. The molecule has 2 nitrogen and oxygen atoms in total. The van der Waals surface area contributed by atoms with Gasteiger partial charge in [-0.2, -0.15) is 0 Å². The summed E-state index contributed by atoms with van der Waals surface area (Å²) in [6, 6.07) is 11.8. The fraction of sp³-hybridized carbons (Fsp3) is 0.0588. The molecule has 0 saturated carbocycles. The lowest BCUT2D eigenvalue weighted by atomic mass is 10.1. The van der Waals surface area contributed by atoms with E-state index in [1.165, 1.54) is 11.3 Å². The van der Waals surface area contributed by atoms with E-state index in [1.54, 1.807) is 12.3 Å². The molecule has 0 spiro atoms. The van der Waals surface area contributed by atoms with Gasteiger partial charge in [0.05, 0.1) is 4.88 Å². The van der Waals surface area contributed by atoms with Gasteiger partial charge in [-0.05, 0) is 42.1 Å². The fourth-order valence-electron chi connectivity index (χ4n) is 2.11. The molecule has 0 aliphatic heterocycles. The van der Waals surface area contributed by atoms with Crippen LogP contribution in [0.15, 0.2) is 54.9 Å². The van der Waals surface area contributed by atoms with E-state index >= 15 is 0 Å². The van der Waals surface area contributed by atoms with Gasteiger partial charge in [-0.3, -0.25) is 9.78 Å². The van der Waals surface area contributed by atoms with E-state index in [-0.39, 0.29) is 18.2 Å². The van der Waals surface area contributed by atoms with Crippen LogP contribution in [0.1, 0.15) is 20.1 Å². The van der Waals surface area contributed by atoms with Crippen LogP contribution in [0.3, 0.4) is 0 Å². The first-order chi connectivity index (χ1) is 9.74. The van der Waals surface area contributed by atoms with Gasteiger partial charge in [-0.15, -0.1) is 23.7 Å². The highest BCUT2D eigenvalue weighted by Gasteiger charge is 2.04. The Morgan fingerprint density at radius 2 is 2.05 bits per heavy atom. The zero-order valence-corrected chi connectivity index (χ0v) is 13.1. The Kier molecular flexibility index (Phi) is 4.89. The number of allylic oxidation sites excluding steroid dienone is 1. The van der Waals surface area contributed by atoms with E-state index in [0.29, 0.717) is 0 Å². The molecular formula is C17H14ClNOS. The Hall–Kier alpha value is -1.97. The van der Waals surface area contributed by atoms with Crippen molar-refractivity contribution in [2.75, 3.05) is 0 Å². The molecule has 0 saturated heterocycles. The largest absolute Gasteiger partial charge is 0.288 e. The number of pyridine rings is 1. The first-order valence-corrected chi connectivity index (χ1v) is 7.17. The van der Waals surface area contributed by atoms with Crippen molar-refractivity contribution >= 4 is 46.4 Å². The highest BCUT2D eigenvalue weighted by molar-refractivity contribution is 7.14. The monoisotopic (exact) mass is 315 g/mol. The van der Waals surface area contributed by atoms with Crippen LogP contribution in [0, 0.1) is 6.92 Å². The van der Waals surface area contributed by atoms with E-state index in [2.05, 4.69) is 4.98 Å². The van der Waals surface area contributed by atoms with Gasteiger partial charge in [0.1, 0.15) is 0 Å². The molecule has 0 aliphatic rings. The summed E-state index contributed by atoms with van der Waals surface area (Å²) in [6.45, 7) is 2.00. The Labute approximate surface area is 133 Å². The summed E-state index contributed by atoms with van der Waals surface area (Å²) in [5.41, 5.74) is 1.03. The second-order valence-corrected chi connectivity index (χ2v) is 5.84. The molecule has 0 N–H and O–H groups in total. The van der Waals surface area contributed by atoms with Crippen molar-refractivity contribution in [2.24, 2.45) is 0 Å². The molecule has 0 radical (unpaired) electrons. The van der Waals surface area contributed by atoms with Gasteiger partial charge < -0.3 is 0 Å². The zero-order chi connectivity index (χ0) is 13.9. The minimum absolute atomic E-state index is 0. The number of ketones is 1. The third-order valence-corrected chi connectivity index (χ3v) is 4.13. The summed E-state index contributed by atoms with van der Waals surface area (Å²) in [6.07, 6.45) is 7.11. The third-order valence-electron chi connectivity index (χ3n) is 3.11. The molecule has 4 heteroatoms. The van der Waals surface area contributed by atoms with Crippen molar-refractivity contribution in [3.63, 3.8) is 0 Å². The average molecular weight is 316 g/mol. The van der Waals surface area contributed by atoms with Crippen molar-refractivity contribution in [1.82, 2.24) is 4.98 Å². The number of aromatic nitrogens is 1. The molecule has 0 fully saturated rings. The molecule has 3 rings (SSSR count). The Morgan fingerprint density at radius 3 is 2.81 bits per heavy atom. The third kappa shape index (κ3) is 3.38. The maximum atomic E-state index is 12.1. The standard InChI is InChI=1S/C17H13NOS.ClH/c1-12-5-8-17(20-12)16(19)7-6-13-3-2-4-14-11-18-10-9-15(13)14;/h2-11H,1H3;1H/b7-6+;. The minimum Gasteiger partial charge on any atom is -0.288 e. The Morgan fingerprint density at radius 1 is 1.19 bits per heavy atom. The van der Waals surface area contributed by atoms with Gasteiger partial charge in [0.2, 0.25) is 0 Å². The summed E-state index contributed by atoms with van der Waals surface area (Å²) >= 11 is 1.52. The van der Waals surface area contributed by atoms with Crippen LogP contribution in [0.2, 0.25) is 0 Å². The molecule has 3 aromatic rings. The van der Waals surface area contributed by atoms with Crippen LogP contribution >= 0.6 is 23.7 Å². The Balaban J connectivity index is 0.00000161. The van der Waals surface area contributed by atoms with Crippen LogP contribution in [-0.4, -0.2) is 10.8 Å². The lowest BCUT2D eigenvalue weighted by Gasteiger charge is -2.00. The number of nitrogens with zero attached hydrogens (tertiary/aromatic N) is 1. The maximum absolute atomic E-state index is 12.1. The summed E-state index contributed by atoms with van der Waals surface area (Å²) in [5.74, 6) is 0.0501. The van der Waals surface area contributed by atoms with E-state index < -0.39 is 0 Å². The number of carbonyl (C=O) groups excluding carboxylic acids is 1. The molecule has 0 atom stereocenters. The number of hydrogen-bond donors (Lipinski definition) is 0. The maximum Gasteiger partial charge on any atom is 0.195 e. The first-order valence-electron chi connectivity index (χ1n) is 6.35. The van der Waals surface area contributed by atoms with Crippen molar-refractivity contribution in [3.8, 4) is 0 Å². The minimum atomic E-state index is 0. The molecule has 0 aliphatic carbocycles. The second kappa shape index (κ2) is 6.66. The molecule has 2 aromatic heterocycles. The molecule has 0 amide bonds. The molecule has 21 heavy (non-hydrogen) atoms. The van der Waals surface area contributed by atoms with Gasteiger partial charge in [0, 0.05) is 22.7 Å². The molecule has 106 valence electrons. The lowest BCUT2D eigenvalue weighted by molar-refractivity contribution is 0.105. The number of thiophene rings is 1. The number of carbonyl (C=O) groups is 1. The van der Waals surface area contributed by atoms with Gasteiger partial charge >= 0.3 is 0 Å². The van der Waals surface area contributed by atoms with Gasteiger partial charge in [0.25, 0.3) is 0 Å². The predicted molar refractivity (Wildman–Crippen MR) is 91.4 cm³/mol. The number of aryl methyl sites for hydroxylation is 1. The predicted octanol–water partition coefficient (Wildman–Crippen LogP) is 4.92. The smallest absolute Gasteiger partial charge is 0.195 e. The average Bonchev–Trinajstić information content (AvgIpc) is 2.91. The van der Waals surface area contributed by atoms with Crippen LogP contribution in [0.25, 0.3) is 16.8 Å². The van der Waals surface area contributed by atoms with E-state index in [9.17, 15) is 4.79 Å². The topological polar surface area (TPSA) is 30.0 Å². The molecule has 1 aromatic carbocycles. The van der Waals surface area contributed by atoms with E-state index in [4.69, 9.17) is 0 Å². The second-order valence-electron chi connectivity index (χ2n) is 4.55. The molecular weight excluding hydrogens is 302 g/mol. The molecule has 2 heterocycles. The molecule has 0 bridgehead atoms. The van der Waals surface area contributed by atoms with Crippen LogP contribution in [0.5, 0.6) is 0 Å². The van der Waals surface area contributed by atoms with Crippen LogP contribution in [0.4, 0.5) is 0 Å². The number of halogens is 1. The summed E-state index contributed by atoms with van der Waals surface area (Å²) in [4.78, 5) is 18.1. The van der Waals surface area contributed by atoms with Gasteiger partial charge in [-0.1, -0.05) is 24.3 Å². The van der Waals surface area contributed by atoms with Crippen LogP contribution < -0.4 is 0 Å². The quantitative estimate of drug-likeness (QED) is 0.507. The van der Waals surface area contributed by atoms with Crippen molar-refractivity contribution in [2.45, 2.75) is 6.92 Å². The van der Waals surface area contributed by atoms with Crippen molar-refractivity contribution in [1.29, 1.82) is 0 Å². The van der Waals surface area contributed by atoms with Crippen molar-refractivity contribution in [3.05, 3.63) is 70.2 Å². The highest BCUT2D eigenvalue weighted by atomic mass is 35.5. The fourth-order valence-corrected chi connectivity index (χ4v) is 2.90. The van der Waals surface area contributed by atoms with E-state index in [0.717, 1.165) is 26.1 Å². The normalized spacial score (nSPS) is 10.7. The van der Waals surface area contributed by atoms with Gasteiger partial charge in [-0.25, -0.2) is 0 Å². The zero-order valence-electron chi connectivity index (χ0n) is 11.4. The van der Waals surface area contributed by atoms with Crippen LogP contribution in [-0.2, 0) is 0 Å². The Bertz CT molecular complexity index is 802. The number of fused-ring (bicyclic) bond motifs is 1. The molecule has 0 unspecified atom stereocenters. The van der Waals surface area contributed by atoms with Crippen molar-refractivity contribution < 1.29 is 4.79 Å². The highest BCUT2D eigenvalue weighted by Crippen LogP contribution is 2.20. The van der Waals surface area contributed by atoms with Gasteiger partial charge in [0.15, 0.2) is 5.78 Å². The summed E-state index contributed by atoms with van der Waals surface area (Å²) in [5, 5.41) is 2.18. The lowest BCUT2D eigenvalue weighted by Crippen LogP contribution is -1.89. The number of rotatable bonds is 3. The number of benzene rings is 1. The number of hydrogen-bond acceptors (Lipinski definition) is 3.